The summed E-state index contributed by atoms with van der Waals surface area (Å²) in [5, 5.41) is 26.3. The molecule has 3 rings (SSSR count). The van der Waals surface area contributed by atoms with Crippen LogP contribution >= 0.6 is 23.1 Å². The Kier molecular flexibility index (Phi) is 6.73. The highest BCUT2D eigenvalue weighted by atomic mass is 32.2. The van der Waals surface area contributed by atoms with Crippen molar-refractivity contribution >= 4 is 40.5 Å². The van der Waals surface area contributed by atoms with Crippen LogP contribution in [0.15, 0.2) is 40.1 Å². The predicted octanol–water partition coefficient (Wildman–Crippen LogP) is 4.87. The van der Waals surface area contributed by atoms with Crippen LogP contribution < -0.4 is 11.1 Å². The lowest BCUT2D eigenvalue weighted by Crippen LogP contribution is -2.13. The zero-order valence-electron chi connectivity index (χ0n) is 16.5. The second kappa shape index (κ2) is 9.45. The van der Waals surface area contributed by atoms with Crippen LogP contribution in [-0.4, -0.2) is 16.6 Å². The van der Waals surface area contributed by atoms with Crippen molar-refractivity contribution in [3.05, 3.63) is 57.3 Å². The quantitative estimate of drug-likeness (QED) is 0.536. The molecule has 150 valence electrons. The number of nitriles is 2. The Morgan fingerprint density at radius 3 is 2.67 bits per heavy atom. The van der Waals surface area contributed by atoms with E-state index in [9.17, 15) is 15.3 Å². The number of thioether (sulfide) groups is 1. The first-order chi connectivity index (χ1) is 14.4. The van der Waals surface area contributed by atoms with Crippen LogP contribution in [0.3, 0.4) is 0 Å². The number of thiophene rings is 1. The fraction of sp³-hybridized carbons (Fsp3) is 0.182. The molecule has 0 radical (unpaired) electrons. The maximum absolute atomic E-state index is 12.4. The number of rotatable bonds is 6. The molecular weight excluding hydrogens is 414 g/mol. The van der Waals surface area contributed by atoms with Gasteiger partial charge in [-0.15, -0.1) is 11.8 Å². The Hall–Kier alpha value is -3.33. The number of carbonyl (C=O) groups is 1. The second-order valence-corrected chi connectivity index (χ2v) is 8.49. The standard InChI is InChI=1S/C22H19N5OS2/c1-13-3-4-14(2)18(9-13)26-19(28)6-8-30-22-17(11-24)20(15-5-7-29-12-15)16(10-23)21(25)27-22/h3-5,7,9,12H,6,8H2,1-2H3,(H2,25,27)(H,26,28). The highest BCUT2D eigenvalue weighted by molar-refractivity contribution is 7.99. The molecule has 0 unspecified atom stereocenters. The molecule has 8 heteroatoms. The van der Waals surface area contributed by atoms with Crippen molar-refractivity contribution in [3.8, 4) is 23.3 Å². The Morgan fingerprint density at radius 2 is 2.00 bits per heavy atom. The van der Waals surface area contributed by atoms with Gasteiger partial charge in [0.15, 0.2) is 0 Å². The minimum atomic E-state index is -0.116. The number of pyridine rings is 1. The number of anilines is 2. The van der Waals surface area contributed by atoms with Crippen molar-refractivity contribution in [1.82, 2.24) is 4.98 Å². The summed E-state index contributed by atoms with van der Waals surface area (Å²) in [6, 6.07) is 12.0. The van der Waals surface area contributed by atoms with Gasteiger partial charge in [0, 0.05) is 23.4 Å². The van der Waals surface area contributed by atoms with Gasteiger partial charge in [-0.05, 0) is 53.4 Å². The minimum Gasteiger partial charge on any atom is -0.383 e. The third-order valence-corrected chi connectivity index (χ3v) is 6.12. The first kappa shape index (κ1) is 21.4. The SMILES string of the molecule is Cc1ccc(C)c(NC(=O)CCSc2nc(N)c(C#N)c(-c3ccsc3)c2C#N)c1. The molecule has 6 nitrogen and oxygen atoms in total. The summed E-state index contributed by atoms with van der Waals surface area (Å²) in [6.45, 7) is 3.92. The van der Waals surface area contributed by atoms with Gasteiger partial charge in [-0.1, -0.05) is 12.1 Å². The number of hydrogen-bond acceptors (Lipinski definition) is 7. The van der Waals surface area contributed by atoms with E-state index < -0.39 is 0 Å². The van der Waals surface area contributed by atoms with Gasteiger partial charge in [0.2, 0.25) is 5.91 Å². The molecule has 3 N–H and O–H groups in total. The molecule has 0 aliphatic rings. The summed E-state index contributed by atoms with van der Waals surface area (Å²) < 4.78 is 0. The molecule has 2 aromatic heterocycles. The van der Waals surface area contributed by atoms with E-state index in [-0.39, 0.29) is 23.7 Å². The van der Waals surface area contributed by atoms with Crippen LogP contribution in [0, 0.1) is 36.5 Å². The third kappa shape index (κ3) is 4.62. The molecule has 1 amide bonds. The lowest BCUT2D eigenvalue weighted by Gasteiger charge is -2.12. The van der Waals surface area contributed by atoms with Gasteiger partial charge in [-0.2, -0.15) is 21.9 Å². The van der Waals surface area contributed by atoms with Crippen molar-refractivity contribution in [2.75, 3.05) is 16.8 Å². The van der Waals surface area contributed by atoms with E-state index in [0.29, 0.717) is 21.9 Å². The van der Waals surface area contributed by atoms with Crippen molar-refractivity contribution in [2.45, 2.75) is 25.3 Å². The van der Waals surface area contributed by atoms with E-state index in [1.54, 1.807) is 0 Å². The lowest BCUT2D eigenvalue weighted by molar-refractivity contribution is -0.115. The zero-order valence-corrected chi connectivity index (χ0v) is 18.2. The van der Waals surface area contributed by atoms with Crippen LogP contribution in [0.2, 0.25) is 0 Å². The van der Waals surface area contributed by atoms with E-state index in [0.717, 1.165) is 22.4 Å². The van der Waals surface area contributed by atoms with Gasteiger partial charge in [-0.3, -0.25) is 4.79 Å². The Labute approximate surface area is 183 Å². The Balaban J connectivity index is 1.77. The number of aryl methyl sites for hydroxylation is 2. The first-order valence-corrected chi connectivity index (χ1v) is 11.0. The normalized spacial score (nSPS) is 10.3. The van der Waals surface area contributed by atoms with Crippen molar-refractivity contribution in [1.29, 1.82) is 10.5 Å². The summed E-state index contributed by atoms with van der Waals surface area (Å²) in [4.78, 5) is 16.6. The average Bonchev–Trinajstić information content (AvgIpc) is 3.24. The van der Waals surface area contributed by atoms with E-state index in [1.807, 2.05) is 48.9 Å². The first-order valence-electron chi connectivity index (χ1n) is 9.10. The molecule has 0 spiro atoms. The van der Waals surface area contributed by atoms with E-state index in [2.05, 4.69) is 22.4 Å². The molecule has 2 heterocycles. The number of amides is 1. The van der Waals surface area contributed by atoms with Gasteiger partial charge in [0.05, 0.1) is 5.56 Å². The molecule has 0 aliphatic carbocycles. The van der Waals surface area contributed by atoms with Gasteiger partial charge in [-0.25, -0.2) is 4.98 Å². The van der Waals surface area contributed by atoms with Gasteiger partial charge in [0.1, 0.15) is 28.5 Å². The van der Waals surface area contributed by atoms with Gasteiger partial charge >= 0.3 is 0 Å². The number of nitrogens with two attached hydrogens (primary N) is 1. The Bertz CT molecular complexity index is 1170. The summed E-state index contributed by atoms with van der Waals surface area (Å²) in [5.41, 5.74) is 10.6. The molecule has 1 aromatic carbocycles. The van der Waals surface area contributed by atoms with Crippen LogP contribution in [0.4, 0.5) is 11.5 Å². The van der Waals surface area contributed by atoms with E-state index in [4.69, 9.17) is 5.73 Å². The fourth-order valence-corrected chi connectivity index (χ4v) is 4.50. The molecule has 3 aromatic rings. The number of nitrogen functional groups attached to an aromatic ring is 1. The molecule has 0 fully saturated rings. The maximum atomic E-state index is 12.4. The van der Waals surface area contributed by atoms with Crippen molar-refractivity contribution in [3.63, 3.8) is 0 Å². The van der Waals surface area contributed by atoms with Crippen LogP contribution in [0.5, 0.6) is 0 Å². The summed E-state index contributed by atoms with van der Waals surface area (Å²) in [5.74, 6) is 0.390. The number of aromatic nitrogens is 1. The number of hydrogen-bond donors (Lipinski definition) is 2. The lowest BCUT2D eigenvalue weighted by atomic mass is 9.99. The number of nitrogens with one attached hydrogen (secondary N) is 1. The van der Waals surface area contributed by atoms with Gasteiger partial charge in [0.25, 0.3) is 0 Å². The van der Waals surface area contributed by atoms with Crippen LogP contribution in [0.25, 0.3) is 11.1 Å². The third-order valence-electron chi connectivity index (χ3n) is 4.46. The number of nitrogens with zero attached hydrogens (tertiary/aromatic N) is 3. The molecular formula is C22H19N5OS2. The molecule has 0 atom stereocenters. The topological polar surface area (TPSA) is 116 Å². The van der Waals surface area contributed by atoms with Crippen LogP contribution in [-0.2, 0) is 4.79 Å². The van der Waals surface area contributed by atoms with E-state index in [1.165, 1.54) is 23.1 Å². The van der Waals surface area contributed by atoms with E-state index >= 15 is 0 Å². The molecule has 0 saturated heterocycles. The van der Waals surface area contributed by atoms with Crippen LogP contribution in [0.1, 0.15) is 28.7 Å². The highest BCUT2D eigenvalue weighted by Gasteiger charge is 2.21. The largest absolute Gasteiger partial charge is 0.383 e. The smallest absolute Gasteiger partial charge is 0.225 e. The number of benzene rings is 1. The zero-order chi connectivity index (χ0) is 21.7. The van der Waals surface area contributed by atoms with Crippen molar-refractivity contribution in [2.24, 2.45) is 0 Å². The average molecular weight is 434 g/mol. The molecule has 0 saturated carbocycles. The van der Waals surface area contributed by atoms with Gasteiger partial charge < -0.3 is 11.1 Å². The summed E-state index contributed by atoms with van der Waals surface area (Å²) >= 11 is 2.75. The fourth-order valence-electron chi connectivity index (χ4n) is 2.92. The van der Waals surface area contributed by atoms with Crippen molar-refractivity contribution < 1.29 is 4.79 Å². The predicted molar refractivity (Wildman–Crippen MR) is 121 cm³/mol. The monoisotopic (exact) mass is 433 g/mol. The Morgan fingerprint density at radius 1 is 1.23 bits per heavy atom. The molecule has 0 aliphatic heterocycles. The second-order valence-electron chi connectivity index (χ2n) is 6.63. The maximum Gasteiger partial charge on any atom is 0.225 e. The summed E-state index contributed by atoms with van der Waals surface area (Å²) in [7, 11) is 0. The summed E-state index contributed by atoms with van der Waals surface area (Å²) in [6.07, 6.45) is 0.248. The number of carbonyl (C=O) groups excluding carboxylic acids is 1. The molecule has 0 bridgehead atoms. The molecule has 30 heavy (non-hydrogen) atoms. The highest BCUT2D eigenvalue weighted by Crippen LogP contribution is 2.36. The minimum absolute atomic E-state index is 0.0834.